The summed E-state index contributed by atoms with van der Waals surface area (Å²) < 4.78 is 5.56. The first kappa shape index (κ1) is 11.3. The summed E-state index contributed by atoms with van der Waals surface area (Å²) in [6, 6.07) is 3.55. The summed E-state index contributed by atoms with van der Waals surface area (Å²) in [7, 11) is 0. The lowest BCUT2D eigenvalue weighted by atomic mass is 10.1. The van der Waals surface area contributed by atoms with Gasteiger partial charge < -0.3 is 15.1 Å². The highest BCUT2D eigenvalue weighted by Gasteiger charge is 2.29. The summed E-state index contributed by atoms with van der Waals surface area (Å²) in [5, 5.41) is 0.0447. The van der Waals surface area contributed by atoms with Gasteiger partial charge in [0.1, 0.15) is 16.8 Å². The Hall–Kier alpha value is -1.80. The average molecular weight is 280 g/mol. The molecule has 4 N–H and O–H groups in total. The molecule has 0 saturated carbocycles. The number of hydrogen-bond acceptors (Lipinski definition) is 6. The van der Waals surface area contributed by atoms with Crippen LogP contribution >= 0.6 is 24.0 Å². The zero-order valence-electron chi connectivity index (χ0n) is 8.97. The number of H-pyrrole nitrogens is 2. The molecule has 0 bridgehead atoms. The number of aromatic amines is 2. The first-order chi connectivity index (χ1) is 8.65. The topological polar surface area (TPSA) is 100 Å². The highest BCUT2D eigenvalue weighted by atomic mass is 32.2. The predicted molar refractivity (Wildman–Crippen MR) is 71.7 cm³/mol. The van der Waals surface area contributed by atoms with Gasteiger partial charge in [0.2, 0.25) is 0 Å². The third-order valence-corrected chi connectivity index (χ3v) is 3.72. The number of nitrogens with one attached hydrogen (secondary N) is 2. The highest BCUT2D eigenvalue weighted by molar-refractivity contribution is 8.14. The van der Waals surface area contributed by atoms with E-state index in [9.17, 15) is 4.79 Å². The van der Waals surface area contributed by atoms with Gasteiger partial charge in [-0.1, -0.05) is 11.8 Å². The fraction of sp³-hybridized carbons (Fsp3) is 0.100. The van der Waals surface area contributed by atoms with Crippen molar-refractivity contribution in [3.8, 4) is 0 Å². The van der Waals surface area contributed by atoms with Crippen LogP contribution in [0.15, 0.2) is 32.6 Å². The van der Waals surface area contributed by atoms with Crippen LogP contribution in [0.25, 0.3) is 0 Å². The molecule has 8 heteroatoms. The van der Waals surface area contributed by atoms with E-state index < -0.39 is 0 Å². The van der Waals surface area contributed by atoms with Crippen molar-refractivity contribution in [2.24, 2.45) is 10.7 Å². The Labute approximate surface area is 110 Å². The molecule has 0 aliphatic carbocycles. The average Bonchev–Trinajstić information content (AvgIpc) is 2.79. The second-order valence-corrected chi connectivity index (χ2v) is 5.17. The van der Waals surface area contributed by atoms with Crippen LogP contribution < -0.4 is 11.3 Å². The fourth-order valence-electron chi connectivity index (χ4n) is 1.77. The van der Waals surface area contributed by atoms with Crippen molar-refractivity contribution in [1.82, 2.24) is 9.97 Å². The minimum atomic E-state index is -0.317. The number of furan rings is 1. The largest absolute Gasteiger partial charge is 0.468 e. The minimum absolute atomic E-state index is 0.223. The molecule has 1 aliphatic heterocycles. The monoisotopic (exact) mass is 280 g/mol. The van der Waals surface area contributed by atoms with Crippen molar-refractivity contribution in [1.29, 1.82) is 0 Å². The quantitative estimate of drug-likeness (QED) is 0.692. The van der Waals surface area contributed by atoms with Crippen molar-refractivity contribution in [2.45, 2.75) is 5.25 Å². The molecule has 3 rings (SSSR count). The number of rotatable bonds is 1. The Balaban J connectivity index is 2.27. The van der Waals surface area contributed by atoms with Gasteiger partial charge in [0, 0.05) is 0 Å². The van der Waals surface area contributed by atoms with Crippen molar-refractivity contribution >= 4 is 35.0 Å². The number of hydrogen-bond donors (Lipinski definition) is 3. The minimum Gasteiger partial charge on any atom is -0.468 e. The van der Waals surface area contributed by atoms with Gasteiger partial charge in [0.25, 0.3) is 5.56 Å². The molecule has 92 valence electrons. The molecule has 0 radical (unpaired) electrons. The van der Waals surface area contributed by atoms with Crippen LogP contribution in [0.2, 0.25) is 0 Å². The molecule has 0 aromatic carbocycles. The molecule has 3 heterocycles. The molecule has 18 heavy (non-hydrogen) atoms. The first-order valence-corrected chi connectivity index (χ1v) is 6.34. The maximum Gasteiger partial charge on any atom is 0.258 e. The lowest BCUT2D eigenvalue weighted by molar-refractivity contribution is 0.517. The summed E-state index contributed by atoms with van der Waals surface area (Å²) in [6.07, 6.45) is 1.55. The van der Waals surface area contributed by atoms with E-state index in [4.69, 9.17) is 22.4 Å². The smallest absolute Gasteiger partial charge is 0.258 e. The Morgan fingerprint density at radius 3 is 3.06 bits per heavy atom. The van der Waals surface area contributed by atoms with Crippen LogP contribution in [0.1, 0.15) is 16.6 Å². The van der Waals surface area contributed by atoms with Gasteiger partial charge in [-0.15, -0.1) is 0 Å². The normalized spacial score (nSPS) is 18.2. The fourth-order valence-corrected chi connectivity index (χ4v) is 2.93. The predicted octanol–water partition coefficient (Wildman–Crippen LogP) is 1.81. The van der Waals surface area contributed by atoms with E-state index >= 15 is 0 Å². The van der Waals surface area contributed by atoms with Gasteiger partial charge in [-0.05, 0) is 24.4 Å². The Bertz CT molecular complexity index is 729. The van der Waals surface area contributed by atoms with Crippen LogP contribution in [-0.4, -0.2) is 15.1 Å². The van der Waals surface area contributed by atoms with E-state index in [1.807, 2.05) is 0 Å². The summed E-state index contributed by atoms with van der Waals surface area (Å²) in [6.45, 7) is 0. The van der Waals surface area contributed by atoms with Crippen LogP contribution in [0.3, 0.4) is 0 Å². The van der Waals surface area contributed by atoms with Crippen molar-refractivity contribution in [3.63, 3.8) is 0 Å². The molecule has 0 fully saturated rings. The lowest BCUT2D eigenvalue weighted by Gasteiger charge is -2.19. The van der Waals surface area contributed by atoms with Crippen LogP contribution in [0, 0.1) is 4.77 Å². The van der Waals surface area contributed by atoms with Gasteiger partial charge in [0.05, 0.1) is 11.8 Å². The number of aliphatic imine (C=N–C) groups is 1. The number of nitrogens with two attached hydrogens (primary N) is 1. The van der Waals surface area contributed by atoms with Gasteiger partial charge in [-0.3, -0.25) is 9.78 Å². The van der Waals surface area contributed by atoms with Gasteiger partial charge in [-0.25, -0.2) is 4.99 Å². The van der Waals surface area contributed by atoms with Gasteiger partial charge in [-0.2, -0.15) is 0 Å². The zero-order chi connectivity index (χ0) is 12.7. The maximum atomic E-state index is 12.0. The van der Waals surface area contributed by atoms with E-state index in [0.717, 1.165) is 0 Å². The Morgan fingerprint density at radius 1 is 1.50 bits per heavy atom. The summed E-state index contributed by atoms with van der Waals surface area (Å²) >= 11 is 6.18. The van der Waals surface area contributed by atoms with Crippen molar-refractivity contribution < 1.29 is 4.42 Å². The molecule has 1 unspecified atom stereocenters. The Morgan fingerprint density at radius 2 is 2.33 bits per heavy atom. The molecule has 0 spiro atoms. The third kappa shape index (κ3) is 1.79. The molecule has 2 aromatic rings. The second kappa shape index (κ2) is 4.14. The highest BCUT2D eigenvalue weighted by Crippen LogP contribution is 2.41. The number of nitrogens with zero attached hydrogens (tertiary/aromatic N) is 1. The first-order valence-electron chi connectivity index (χ1n) is 5.06. The van der Waals surface area contributed by atoms with Crippen LogP contribution in [0.5, 0.6) is 0 Å². The number of amidine groups is 1. The van der Waals surface area contributed by atoms with E-state index in [1.54, 1.807) is 18.4 Å². The molecule has 0 saturated heterocycles. The Kier molecular flexibility index (Phi) is 2.60. The summed E-state index contributed by atoms with van der Waals surface area (Å²) in [4.78, 5) is 21.5. The molecule has 0 amide bonds. The van der Waals surface area contributed by atoms with Crippen LogP contribution in [-0.2, 0) is 0 Å². The van der Waals surface area contributed by atoms with Crippen LogP contribution in [0.4, 0.5) is 5.82 Å². The number of fused-ring (bicyclic) bond motifs is 1. The SMILES string of the molecule is NC1=Nc2[nH]c(=S)[nH]c(=O)c2C(c2ccco2)S1. The molecule has 1 atom stereocenters. The molecular weight excluding hydrogens is 272 g/mol. The van der Waals surface area contributed by atoms with Gasteiger partial charge >= 0.3 is 0 Å². The lowest BCUT2D eigenvalue weighted by Crippen LogP contribution is -2.23. The molecular formula is C10H8N4O2S2. The maximum absolute atomic E-state index is 12.0. The summed E-state index contributed by atoms with van der Waals surface area (Å²) in [5.41, 5.74) is 5.94. The van der Waals surface area contributed by atoms with E-state index in [2.05, 4.69) is 15.0 Å². The van der Waals surface area contributed by atoms with E-state index in [1.165, 1.54) is 11.8 Å². The number of aromatic nitrogens is 2. The molecule has 1 aliphatic rings. The van der Waals surface area contributed by atoms with Crippen molar-refractivity contribution in [2.75, 3.05) is 0 Å². The van der Waals surface area contributed by atoms with Crippen molar-refractivity contribution in [3.05, 3.63) is 44.8 Å². The molecule has 2 aromatic heterocycles. The van der Waals surface area contributed by atoms with Gasteiger partial charge in [0.15, 0.2) is 9.94 Å². The standard InChI is InChI=1S/C10H8N4O2S2/c11-9-12-7-5(8(15)14-10(17)13-7)6(18-9)4-2-1-3-16-4/h1-3,6H,(H4,11,12,13,14,15,17). The molecule has 6 nitrogen and oxygen atoms in total. The second-order valence-electron chi connectivity index (χ2n) is 3.63. The number of thioether (sulfide) groups is 1. The van der Waals surface area contributed by atoms with E-state index in [0.29, 0.717) is 22.3 Å². The third-order valence-electron chi connectivity index (χ3n) is 2.48. The van der Waals surface area contributed by atoms with E-state index in [-0.39, 0.29) is 15.6 Å². The summed E-state index contributed by atoms with van der Waals surface area (Å²) in [5.74, 6) is 1.04. The zero-order valence-corrected chi connectivity index (χ0v) is 10.6.